The molecule has 1 aliphatic rings. The second kappa shape index (κ2) is 6.91. The lowest BCUT2D eigenvalue weighted by Gasteiger charge is -2.20. The van der Waals surface area contributed by atoms with Crippen molar-refractivity contribution in [1.82, 2.24) is 4.90 Å². The minimum Gasteiger partial charge on any atom is -0.327 e. The molecule has 2 unspecified atom stereocenters. The van der Waals surface area contributed by atoms with Crippen LogP contribution >= 0.6 is 0 Å². The summed E-state index contributed by atoms with van der Waals surface area (Å²) < 4.78 is 0. The summed E-state index contributed by atoms with van der Waals surface area (Å²) >= 11 is 0. The molecule has 0 amide bonds. The smallest absolute Gasteiger partial charge is 0.0170 e. The largest absolute Gasteiger partial charge is 0.327 e. The van der Waals surface area contributed by atoms with E-state index in [4.69, 9.17) is 5.73 Å². The van der Waals surface area contributed by atoms with E-state index >= 15 is 0 Å². The highest BCUT2D eigenvalue weighted by Crippen LogP contribution is 2.19. The Labute approximate surface area is 111 Å². The van der Waals surface area contributed by atoms with Crippen molar-refractivity contribution in [3.05, 3.63) is 35.9 Å². The van der Waals surface area contributed by atoms with E-state index in [1.807, 2.05) is 0 Å². The SMILES string of the molecule is CCC1CCN(CC(N)CCc2ccccc2)C1. The summed E-state index contributed by atoms with van der Waals surface area (Å²) in [7, 11) is 0. The van der Waals surface area contributed by atoms with Crippen molar-refractivity contribution in [2.24, 2.45) is 11.7 Å². The van der Waals surface area contributed by atoms with Gasteiger partial charge in [-0.2, -0.15) is 0 Å². The van der Waals surface area contributed by atoms with E-state index in [1.54, 1.807) is 0 Å². The Morgan fingerprint density at radius 2 is 2.11 bits per heavy atom. The molecular weight excluding hydrogens is 220 g/mol. The van der Waals surface area contributed by atoms with Crippen LogP contribution in [-0.2, 0) is 6.42 Å². The Hall–Kier alpha value is -0.860. The lowest BCUT2D eigenvalue weighted by atomic mass is 10.1. The molecule has 2 N–H and O–H groups in total. The van der Waals surface area contributed by atoms with Gasteiger partial charge < -0.3 is 10.6 Å². The van der Waals surface area contributed by atoms with Gasteiger partial charge >= 0.3 is 0 Å². The molecule has 18 heavy (non-hydrogen) atoms. The van der Waals surface area contributed by atoms with E-state index in [0.29, 0.717) is 6.04 Å². The molecule has 1 aromatic carbocycles. The van der Waals surface area contributed by atoms with E-state index in [0.717, 1.165) is 25.3 Å². The Morgan fingerprint density at radius 3 is 2.78 bits per heavy atom. The number of benzene rings is 1. The van der Waals surface area contributed by atoms with Crippen LogP contribution in [0.5, 0.6) is 0 Å². The minimum absolute atomic E-state index is 0.320. The number of nitrogens with zero attached hydrogens (tertiary/aromatic N) is 1. The fraction of sp³-hybridized carbons (Fsp3) is 0.625. The van der Waals surface area contributed by atoms with Crippen LogP contribution < -0.4 is 5.73 Å². The van der Waals surface area contributed by atoms with Gasteiger partial charge in [0.15, 0.2) is 0 Å². The lowest BCUT2D eigenvalue weighted by Crippen LogP contribution is -2.36. The third-order valence-corrected chi connectivity index (χ3v) is 4.09. The maximum absolute atomic E-state index is 6.25. The molecule has 2 nitrogen and oxygen atoms in total. The fourth-order valence-corrected chi connectivity index (χ4v) is 2.83. The monoisotopic (exact) mass is 246 g/mol. The second-order valence-electron chi connectivity index (χ2n) is 5.61. The zero-order valence-corrected chi connectivity index (χ0v) is 11.5. The Bertz CT molecular complexity index is 336. The molecule has 2 rings (SSSR count). The molecule has 2 heteroatoms. The molecule has 0 radical (unpaired) electrons. The summed E-state index contributed by atoms with van der Waals surface area (Å²) in [6.07, 6.45) is 4.88. The molecule has 0 aromatic heterocycles. The fourth-order valence-electron chi connectivity index (χ4n) is 2.83. The Kier molecular flexibility index (Phi) is 5.21. The predicted molar refractivity (Wildman–Crippen MR) is 77.6 cm³/mol. The number of hydrogen-bond acceptors (Lipinski definition) is 2. The van der Waals surface area contributed by atoms with E-state index in [-0.39, 0.29) is 0 Å². The van der Waals surface area contributed by atoms with Crippen LogP contribution in [0.2, 0.25) is 0 Å². The first-order valence-electron chi connectivity index (χ1n) is 7.29. The van der Waals surface area contributed by atoms with Crippen molar-refractivity contribution in [2.45, 2.75) is 38.6 Å². The van der Waals surface area contributed by atoms with Crippen molar-refractivity contribution in [2.75, 3.05) is 19.6 Å². The van der Waals surface area contributed by atoms with Crippen molar-refractivity contribution in [1.29, 1.82) is 0 Å². The molecular formula is C16H26N2. The summed E-state index contributed by atoms with van der Waals surface area (Å²) in [4.78, 5) is 2.55. The number of hydrogen-bond donors (Lipinski definition) is 1. The zero-order chi connectivity index (χ0) is 12.8. The summed E-state index contributed by atoms with van der Waals surface area (Å²) in [5.41, 5.74) is 7.65. The molecule has 0 bridgehead atoms. The predicted octanol–water partition coefficient (Wildman–Crippen LogP) is 2.68. The second-order valence-corrected chi connectivity index (χ2v) is 5.61. The van der Waals surface area contributed by atoms with Crippen molar-refractivity contribution in [3.63, 3.8) is 0 Å². The maximum atomic E-state index is 6.25. The number of likely N-dealkylation sites (tertiary alicyclic amines) is 1. The molecule has 1 saturated heterocycles. The highest BCUT2D eigenvalue weighted by Gasteiger charge is 2.21. The topological polar surface area (TPSA) is 29.3 Å². The van der Waals surface area contributed by atoms with Gasteiger partial charge in [-0.05, 0) is 37.3 Å². The molecule has 1 aliphatic heterocycles. The van der Waals surface area contributed by atoms with Gasteiger partial charge in [0.1, 0.15) is 0 Å². The molecule has 0 spiro atoms. The molecule has 100 valence electrons. The summed E-state index contributed by atoms with van der Waals surface area (Å²) in [5, 5.41) is 0. The third kappa shape index (κ3) is 4.11. The van der Waals surface area contributed by atoms with E-state index in [1.165, 1.54) is 31.5 Å². The van der Waals surface area contributed by atoms with Crippen LogP contribution in [0.1, 0.15) is 31.7 Å². The van der Waals surface area contributed by atoms with Crippen LogP contribution in [0.25, 0.3) is 0 Å². The van der Waals surface area contributed by atoms with Gasteiger partial charge in [0.2, 0.25) is 0 Å². The third-order valence-electron chi connectivity index (χ3n) is 4.09. The standard InChI is InChI=1S/C16H26N2/c1-2-14-10-11-18(12-14)13-16(17)9-8-15-6-4-3-5-7-15/h3-7,14,16H,2,8-13,17H2,1H3. The maximum Gasteiger partial charge on any atom is 0.0170 e. The van der Waals surface area contributed by atoms with Gasteiger partial charge in [-0.3, -0.25) is 0 Å². The van der Waals surface area contributed by atoms with Gasteiger partial charge in [-0.15, -0.1) is 0 Å². The highest BCUT2D eigenvalue weighted by molar-refractivity contribution is 5.14. The molecule has 2 atom stereocenters. The van der Waals surface area contributed by atoms with Gasteiger partial charge in [0.25, 0.3) is 0 Å². The number of aryl methyl sites for hydroxylation is 1. The van der Waals surface area contributed by atoms with E-state index < -0.39 is 0 Å². The van der Waals surface area contributed by atoms with Crippen LogP contribution in [0.15, 0.2) is 30.3 Å². The van der Waals surface area contributed by atoms with Crippen LogP contribution in [-0.4, -0.2) is 30.6 Å². The molecule has 1 aromatic rings. The normalized spacial score (nSPS) is 22.2. The van der Waals surface area contributed by atoms with Gasteiger partial charge in [0.05, 0.1) is 0 Å². The zero-order valence-electron chi connectivity index (χ0n) is 11.5. The minimum atomic E-state index is 0.320. The van der Waals surface area contributed by atoms with E-state index in [9.17, 15) is 0 Å². The Balaban J connectivity index is 1.68. The van der Waals surface area contributed by atoms with Crippen LogP contribution in [0.4, 0.5) is 0 Å². The lowest BCUT2D eigenvalue weighted by molar-refractivity contribution is 0.295. The van der Waals surface area contributed by atoms with Crippen molar-refractivity contribution < 1.29 is 0 Å². The molecule has 1 heterocycles. The average molecular weight is 246 g/mol. The quantitative estimate of drug-likeness (QED) is 0.836. The summed E-state index contributed by atoms with van der Waals surface area (Å²) in [6, 6.07) is 11.0. The summed E-state index contributed by atoms with van der Waals surface area (Å²) in [6.45, 7) is 5.87. The Morgan fingerprint density at radius 1 is 1.33 bits per heavy atom. The van der Waals surface area contributed by atoms with Crippen LogP contribution in [0, 0.1) is 5.92 Å². The summed E-state index contributed by atoms with van der Waals surface area (Å²) in [5.74, 6) is 0.909. The first kappa shape index (κ1) is 13.6. The van der Waals surface area contributed by atoms with Gasteiger partial charge in [0, 0.05) is 19.1 Å². The number of rotatable bonds is 6. The first-order valence-corrected chi connectivity index (χ1v) is 7.29. The van der Waals surface area contributed by atoms with Crippen molar-refractivity contribution >= 4 is 0 Å². The van der Waals surface area contributed by atoms with Gasteiger partial charge in [-0.25, -0.2) is 0 Å². The van der Waals surface area contributed by atoms with Crippen molar-refractivity contribution in [3.8, 4) is 0 Å². The molecule has 1 fully saturated rings. The van der Waals surface area contributed by atoms with Gasteiger partial charge in [-0.1, -0.05) is 43.7 Å². The average Bonchev–Trinajstić information content (AvgIpc) is 2.85. The highest BCUT2D eigenvalue weighted by atomic mass is 15.2. The van der Waals surface area contributed by atoms with Crippen LogP contribution in [0.3, 0.4) is 0 Å². The molecule has 0 aliphatic carbocycles. The number of nitrogens with two attached hydrogens (primary N) is 1. The first-order chi connectivity index (χ1) is 8.78. The van der Waals surface area contributed by atoms with E-state index in [2.05, 4.69) is 42.2 Å². The molecule has 0 saturated carbocycles.